The molecular formula is C7H10N2O2. The van der Waals surface area contributed by atoms with Crippen molar-refractivity contribution in [3.63, 3.8) is 0 Å². The Balaban J connectivity index is 2.15. The highest BCUT2D eigenvalue weighted by Crippen LogP contribution is 2.27. The van der Waals surface area contributed by atoms with Gasteiger partial charge in [-0.25, -0.2) is 0 Å². The Morgan fingerprint density at radius 3 is 3.09 bits per heavy atom. The first-order valence-corrected chi connectivity index (χ1v) is 3.69. The van der Waals surface area contributed by atoms with Gasteiger partial charge in [0.15, 0.2) is 0 Å². The molecule has 4 nitrogen and oxygen atoms in total. The van der Waals surface area contributed by atoms with Gasteiger partial charge in [-0.1, -0.05) is 0 Å². The summed E-state index contributed by atoms with van der Waals surface area (Å²) < 4.78 is 10.2. The monoisotopic (exact) mass is 154 g/mol. The van der Waals surface area contributed by atoms with Gasteiger partial charge in [-0.05, 0) is 12.8 Å². The number of aromatic nitrogens is 1. The van der Waals surface area contributed by atoms with E-state index >= 15 is 0 Å². The lowest BCUT2D eigenvalue weighted by molar-refractivity contribution is 0.108. The zero-order valence-corrected chi connectivity index (χ0v) is 6.12. The molecule has 2 heterocycles. The molecule has 0 aliphatic carbocycles. The van der Waals surface area contributed by atoms with Gasteiger partial charge in [-0.2, -0.15) is 4.98 Å². The van der Waals surface area contributed by atoms with Crippen molar-refractivity contribution < 1.29 is 9.15 Å². The first-order chi connectivity index (χ1) is 5.36. The van der Waals surface area contributed by atoms with Crippen LogP contribution in [0.5, 0.6) is 0 Å². The summed E-state index contributed by atoms with van der Waals surface area (Å²) in [7, 11) is 0. The highest BCUT2D eigenvalue weighted by Gasteiger charge is 2.20. The van der Waals surface area contributed by atoms with E-state index in [1.807, 2.05) is 0 Å². The SMILES string of the molecule is Nc1nc(C2CCCO2)co1. The van der Waals surface area contributed by atoms with Crippen LogP contribution in [0.2, 0.25) is 0 Å². The van der Waals surface area contributed by atoms with Crippen LogP contribution in [-0.2, 0) is 4.74 Å². The molecule has 0 bridgehead atoms. The minimum absolute atomic E-state index is 0.107. The molecule has 1 aliphatic rings. The third-order valence-corrected chi connectivity index (χ3v) is 1.80. The molecule has 60 valence electrons. The van der Waals surface area contributed by atoms with Gasteiger partial charge in [0.25, 0.3) is 6.01 Å². The first kappa shape index (κ1) is 6.67. The molecule has 1 aromatic heterocycles. The van der Waals surface area contributed by atoms with Gasteiger partial charge in [0.2, 0.25) is 0 Å². The van der Waals surface area contributed by atoms with Crippen molar-refractivity contribution in [2.45, 2.75) is 18.9 Å². The van der Waals surface area contributed by atoms with Crippen LogP contribution in [0.3, 0.4) is 0 Å². The number of oxazole rings is 1. The molecule has 1 unspecified atom stereocenters. The van der Waals surface area contributed by atoms with Gasteiger partial charge < -0.3 is 14.9 Å². The number of anilines is 1. The van der Waals surface area contributed by atoms with Gasteiger partial charge in [0.1, 0.15) is 18.1 Å². The predicted octanol–water partition coefficient (Wildman–Crippen LogP) is 1.11. The lowest BCUT2D eigenvalue weighted by Crippen LogP contribution is -1.96. The van der Waals surface area contributed by atoms with E-state index in [1.165, 1.54) is 0 Å². The van der Waals surface area contributed by atoms with Crippen LogP contribution < -0.4 is 5.73 Å². The number of nitrogen functional groups attached to an aromatic ring is 1. The summed E-state index contributed by atoms with van der Waals surface area (Å²) in [6.07, 6.45) is 3.78. The molecule has 0 amide bonds. The van der Waals surface area contributed by atoms with E-state index in [0.717, 1.165) is 25.1 Å². The average molecular weight is 154 g/mol. The molecule has 1 aromatic rings. The van der Waals surface area contributed by atoms with Crippen LogP contribution in [0.1, 0.15) is 24.6 Å². The molecule has 2 rings (SSSR count). The molecule has 4 heteroatoms. The van der Waals surface area contributed by atoms with Crippen LogP contribution >= 0.6 is 0 Å². The molecular weight excluding hydrogens is 144 g/mol. The molecule has 1 fully saturated rings. The van der Waals surface area contributed by atoms with Crippen LogP contribution in [0, 0.1) is 0 Å². The van der Waals surface area contributed by atoms with Crippen molar-refractivity contribution in [1.29, 1.82) is 0 Å². The molecule has 11 heavy (non-hydrogen) atoms. The fourth-order valence-corrected chi connectivity index (χ4v) is 1.26. The third-order valence-electron chi connectivity index (χ3n) is 1.80. The minimum Gasteiger partial charge on any atom is -0.432 e. The van der Waals surface area contributed by atoms with E-state index in [-0.39, 0.29) is 12.1 Å². The Kier molecular flexibility index (Phi) is 1.54. The quantitative estimate of drug-likeness (QED) is 0.658. The Bertz CT molecular complexity index is 240. The highest BCUT2D eigenvalue weighted by molar-refractivity contribution is 5.14. The van der Waals surface area contributed by atoms with E-state index in [9.17, 15) is 0 Å². The largest absolute Gasteiger partial charge is 0.432 e. The van der Waals surface area contributed by atoms with Crippen molar-refractivity contribution in [3.05, 3.63) is 12.0 Å². The number of rotatable bonds is 1. The fourth-order valence-electron chi connectivity index (χ4n) is 1.26. The van der Waals surface area contributed by atoms with E-state index in [2.05, 4.69) is 4.98 Å². The topological polar surface area (TPSA) is 61.3 Å². The fraction of sp³-hybridized carbons (Fsp3) is 0.571. The maximum absolute atomic E-state index is 5.37. The summed E-state index contributed by atoms with van der Waals surface area (Å²) >= 11 is 0. The third kappa shape index (κ3) is 1.21. The molecule has 2 N–H and O–H groups in total. The molecule has 1 atom stereocenters. The van der Waals surface area contributed by atoms with E-state index in [1.54, 1.807) is 6.26 Å². The zero-order chi connectivity index (χ0) is 7.68. The van der Waals surface area contributed by atoms with Crippen molar-refractivity contribution in [3.8, 4) is 0 Å². The molecule has 0 radical (unpaired) electrons. The van der Waals surface area contributed by atoms with Gasteiger partial charge in [0.05, 0.1) is 0 Å². The van der Waals surface area contributed by atoms with Crippen molar-refractivity contribution >= 4 is 6.01 Å². The maximum atomic E-state index is 5.37. The predicted molar refractivity (Wildman–Crippen MR) is 38.8 cm³/mol. The Hall–Kier alpha value is -1.03. The van der Waals surface area contributed by atoms with Crippen LogP contribution in [0.25, 0.3) is 0 Å². The van der Waals surface area contributed by atoms with Crippen molar-refractivity contribution in [1.82, 2.24) is 4.98 Å². The molecule has 0 saturated carbocycles. The summed E-state index contributed by atoms with van der Waals surface area (Å²) in [4.78, 5) is 3.98. The van der Waals surface area contributed by atoms with E-state index < -0.39 is 0 Å². The standard InChI is InChI=1S/C7H10N2O2/c8-7-9-5(4-11-7)6-2-1-3-10-6/h4,6H,1-3H2,(H2,8,9). The lowest BCUT2D eigenvalue weighted by atomic mass is 10.2. The van der Waals surface area contributed by atoms with Crippen LogP contribution in [0.15, 0.2) is 10.7 Å². The average Bonchev–Trinajstić information content (AvgIpc) is 2.55. The second-order valence-electron chi connectivity index (χ2n) is 2.61. The lowest BCUT2D eigenvalue weighted by Gasteiger charge is -2.02. The van der Waals surface area contributed by atoms with Crippen LogP contribution in [0.4, 0.5) is 6.01 Å². The summed E-state index contributed by atoms with van der Waals surface area (Å²) in [5.74, 6) is 0. The smallest absolute Gasteiger partial charge is 0.292 e. The van der Waals surface area contributed by atoms with Crippen molar-refractivity contribution in [2.24, 2.45) is 0 Å². The maximum Gasteiger partial charge on any atom is 0.292 e. The number of hydrogen-bond acceptors (Lipinski definition) is 4. The summed E-state index contributed by atoms with van der Waals surface area (Å²) in [5, 5.41) is 0. The Morgan fingerprint density at radius 1 is 1.64 bits per heavy atom. The van der Waals surface area contributed by atoms with Crippen LogP contribution in [-0.4, -0.2) is 11.6 Å². The van der Waals surface area contributed by atoms with Gasteiger partial charge in [-0.15, -0.1) is 0 Å². The second-order valence-corrected chi connectivity index (χ2v) is 2.61. The number of nitrogens with two attached hydrogens (primary N) is 1. The minimum atomic E-state index is 0.107. The van der Waals surface area contributed by atoms with Crippen molar-refractivity contribution in [2.75, 3.05) is 12.3 Å². The summed E-state index contributed by atoms with van der Waals surface area (Å²) in [6, 6.07) is 0.218. The summed E-state index contributed by atoms with van der Waals surface area (Å²) in [5.41, 5.74) is 6.13. The Morgan fingerprint density at radius 2 is 2.55 bits per heavy atom. The normalized spacial score (nSPS) is 24.2. The van der Waals surface area contributed by atoms with E-state index in [0.29, 0.717) is 0 Å². The molecule has 0 aromatic carbocycles. The van der Waals surface area contributed by atoms with Gasteiger partial charge in [-0.3, -0.25) is 0 Å². The number of nitrogens with zero attached hydrogens (tertiary/aromatic N) is 1. The highest BCUT2D eigenvalue weighted by atomic mass is 16.5. The number of ether oxygens (including phenoxy) is 1. The first-order valence-electron chi connectivity index (χ1n) is 3.69. The molecule has 0 spiro atoms. The number of hydrogen-bond donors (Lipinski definition) is 1. The molecule has 1 aliphatic heterocycles. The van der Waals surface area contributed by atoms with Gasteiger partial charge >= 0.3 is 0 Å². The zero-order valence-electron chi connectivity index (χ0n) is 6.12. The second kappa shape index (κ2) is 2.54. The van der Waals surface area contributed by atoms with E-state index in [4.69, 9.17) is 14.9 Å². The Labute approximate surface area is 64.4 Å². The summed E-state index contributed by atoms with van der Waals surface area (Å²) in [6.45, 7) is 0.817. The van der Waals surface area contributed by atoms with Gasteiger partial charge in [0, 0.05) is 6.61 Å². The molecule has 1 saturated heterocycles.